The van der Waals surface area contributed by atoms with Crippen molar-refractivity contribution in [3.63, 3.8) is 0 Å². The average Bonchev–Trinajstić information content (AvgIpc) is 3.16. The molecule has 0 radical (unpaired) electrons. The van der Waals surface area contributed by atoms with E-state index in [1.807, 2.05) is 0 Å². The molecular formula is C22H24N4O8. The number of aliphatic carboxylic acids is 1. The molecule has 1 aliphatic rings. The van der Waals surface area contributed by atoms with Crippen molar-refractivity contribution in [3.8, 4) is 0 Å². The Labute approximate surface area is 194 Å². The molecule has 0 aliphatic carbocycles. The molecule has 0 aromatic heterocycles. The van der Waals surface area contributed by atoms with Crippen LogP contribution in [0.4, 0.5) is 11.4 Å². The number of primary amides is 2. The highest BCUT2D eigenvalue weighted by molar-refractivity contribution is 6.03. The minimum Gasteiger partial charge on any atom is -0.481 e. The number of anilines is 2. The smallest absolute Gasteiger partial charge is 0.314 e. The van der Waals surface area contributed by atoms with Gasteiger partial charge in [0.1, 0.15) is 0 Å². The molecule has 2 aromatic carbocycles. The number of hydrogen-bond acceptors (Lipinski definition) is 8. The molecule has 12 heteroatoms. The lowest BCUT2D eigenvalue weighted by atomic mass is 10.1. The summed E-state index contributed by atoms with van der Waals surface area (Å²) in [5.74, 6) is -3.46. The van der Waals surface area contributed by atoms with E-state index in [0.29, 0.717) is 11.3 Å². The Kier molecular flexibility index (Phi) is 10.9. The lowest BCUT2D eigenvalue weighted by Gasteiger charge is -2.07. The third kappa shape index (κ3) is 10.0. The van der Waals surface area contributed by atoms with E-state index < -0.39 is 35.6 Å². The zero-order valence-corrected chi connectivity index (χ0v) is 18.0. The van der Waals surface area contributed by atoms with Crippen LogP contribution in [0.1, 0.15) is 46.4 Å². The van der Waals surface area contributed by atoms with Gasteiger partial charge in [-0.3, -0.25) is 28.8 Å². The molecule has 1 fully saturated rings. The van der Waals surface area contributed by atoms with E-state index in [-0.39, 0.29) is 36.9 Å². The summed E-state index contributed by atoms with van der Waals surface area (Å²) in [5, 5.41) is 10.9. The number of nitrogens with two attached hydrogens (primary N) is 3. The van der Waals surface area contributed by atoms with Crippen LogP contribution in [0.3, 0.4) is 0 Å². The highest BCUT2D eigenvalue weighted by Crippen LogP contribution is 2.14. The second-order valence-corrected chi connectivity index (χ2v) is 6.65. The summed E-state index contributed by atoms with van der Waals surface area (Å²) in [4.78, 5) is 63.3. The molecule has 1 aliphatic heterocycles. The predicted octanol–water partition coefficient (Wildman–Crippen LogP) is 0.807. The van der Waals surface area contributed by atoms with Gasteiger partial charge in [0.2, 0.25) is 5.91 Å². The first-order valence-electron chi connectivity index (χ1n) is 9.79. The van der Waals surface area contributed by atoms with Crippen LogP contribution in [0.25, 0.3) is 0 Å². The number of benzene rings is 2. The van der Waals surface area contributed by atoms with Crippen LogP contribution in [-0.4, -0.2) is 40.7 Å². The molecule has 0 spiro atoms. The van der Waals surface area contributed by atoms with E-state index in [4.69, 9.17) is 22.3 Å². The summed E-state index contributed by atoms with van der Waals surface area (Å²) >= 11 is 0. The lowest BCUT2D eigenvalue weighted by Crippen LogP contribution is -2.18. The topological polar surface area (TPSA) is 222 Å². The molecular weight excluding hydrogens is 448 g/mol. The van der Waals surface area contributed by atoms with E-state index in [1.165, 1.54) is 12.1 Å². The molecule has 3 amide bonds. The highest BCUT2D eigenvalue weighted by atomic mass is 16.6. The normalized spacial score (nSPS) is 11.6. The maximum absolute atomic E-state index is 11.4. The molecule has 1 saturated heterocycles. The Hall–Kier alpha value is -4.74. The summed E-state index contributed by atoms with van der Waals surface area (Å²) in [6.07, 6.45) is 0.116. The first-order valence-corrected chi connectivity index (χ1v) is 9.79. The Morgan fingerprint density at radius 1 is 0.824 bits per heavy atom. The van der Waals surface area contributed by atoms with E-state index in [2.05, 4.69) is 10.1 Å². The van der Waals surface area contributed by atoms with Gasteiger partial charge in [-0.1, -0.05) is 24.3 Å². The van der Waals surface area contributed by atoms with Crippen molar-refractivity contribution >= 4 is 47.0 Å². The number of ether oxygens (including phenoxy) is 1. The molecule has 34 heavy (non-hydrogen) atoms. The van der Waals surface area contributed by atoms with Crippen molar-refractivity contribution in [2.24, 2.45) is 11.5 Å². The van der Waals surface area contributed by atoms with E-state index in [0.717, 1.165) is 0 Å². The number of esters is 2. The predicted molar refractivity (Wildman–Crippen MR) is 120 cm³/mol. The standard InChI is InChI=1S/C11H12N2O4.C7H8N2O.C4H4O3/c12-11(17)7-3-1-2-4-8(7)13-9(14)5-6-10(15)16;8-6-4-2-1-3-5(6)7(9)10;5-3-1-2-4(6)7-3/h1-4H,5-6H2,(H2,12,17)(H,13,14)(H,15,16);1-4H,8H2,(H2,9,10);1-2H2. The van der Waals surface area contributed by atoms with Gasteiger partial charge in [-0.15, -0.1) is 0 Å². The number of nitrogens with one attached hydrogen (secondary N) is 1. The Morgan fingerprint density at radius 2 is 1.32 bits per heavy atom. The monoisotopic (exact) mass is 472 g/mol. The van der Waals surface area contributed by atoms with E-state index >= 15 is 0 Å². The Bertz CT molecular complexity index is 1070. The minimum atomic E-state index is -1.05. The van der Waals surface area contributed by atoms with Crippen molar-refractivity contribution in [3.05, 3.63) is 59.7 Å². The first-order chi connectivity index (χ1) is 16.0. The van der Waals surface area contributed by atoms with Crippen molar-refractivity contribution in [2.75, 3.05) is 11.1 Å². The van der Waals surface area contributed by atoms with Gasteiger partial charge in [-0.2, -0.15) is 0 Å². The van der Waals surface area contributed by atoms with Crippen LogP contribution < -0.4 is 22.5 Å². The summed E-state index contributed by atoms with van der Waals surface area (Å²) in [6, 6.07) is 13.0. The maximum Gasteiger partial charge on any atom is 0.314 e. The second-order valence-electron chi connectivity index (χ2n) is 6.65. The van der Waals surface area contributed by atoms with Gasteiger partial charge in [0.25, 0.3) is 11.8 Å². The zero-order valence-electron chi connectivity index (χ0n) is 18.0. The summed E-state index contributed by atoms with van der Waals surface area (Å²) in [5.41, 5.74) is 16.8. The number of hydrogen-bond donors (Lipinski definition) is 5. The van der Waals surface area contributed by atoms with Crippen molar-refractivity contribution in [2.45, 2.75) is 25.7 Å². The second kappa shape index (κ2) is 13.6. The van der Waals surface area contributed by atoms with Crippen LogP contribution >= 0.6 is 0 Å². The van der Waals surface area contributed by atoms with Crippen molar-refractivity contribution in [1.82, 2.24) is 0 Å². The maximum atomic E-state index is 11.4. The molecule has 8 N–H and O–H groups in total. The van der Waals surface area contributed by atoms with E-state index in [9.17, 15) is 28.8 Å². The Balaban J connectivity index is 0.000000285. The van der Waals surface area contributed by atoms with Crippen LogP contribution in [0.5, 0.6) is 0 Å². The van der Waals surface area contributed by atoms with Gasteiger partial charge in [0.15, 0.2) is 0 Å². The quantitative estimate of drug-likeness (QED) is 0.227. The van der Waals surface area contributed by atoms with Crippen molar-refractivity contribution in [1.29, 1.82) is 0 Å². The lowest BCUT2D eigenvalue weighted by molar-refractivity contribution is -0.152. The van der Waals surface area contributed by atoms with Crippen LogP contribution in [0, 0.1) is 0 Å². The molecule has 0 unspecified atom stereocenters. The number of carboxylic acid groups (broad SMARTS) is 1. The van der Waals surface area contributed by atoms with Crippen LogP contribution in [0.2, 0.25) is 0 Å². The van der Waals surface area contributed by atoms with Gasteiger partial charge in [0, 0.05) is 12.1 Å². The fourth-order valence-electron chi connectivity index (χ4n) is 2.39. The van der Waals surface area contributed by atoms with Crippen LogP contribution in [-0.2, 0) is 23.9 Å². The summed E-state index contributed by atoms with van der Waals surface area (Å²) < 4.78 is 4.08. The highest BCUT2D eigenvalue weighted by Gasteiger charge is 2.19. The minimum absolute atomic E-state index is 0.150. The van der Waals surface area contributed by atoms with Gasteiger partial charge >= 0.3 is 17.9 Å². The third-order valence-corrected chi connectivity index (χ3v) is 4.02. The average molecular weight is 472 g/mol. The van der Waals surface area contributed by atoms with Gasteiger partial charge in [-0.05, 0) is 24.3 Å². The van der Waals surface area contributed by atoms with Gasteiger partial charge < -0.3 is 32.4 Å². The number of nitrogen functional groups attached to an aromatic ring is 1. The molecule has 1 heterocycles. The van der Waals surface area contributed by atoms with E-state index in [1.54, 1.807) is 36.4 Å². The molecule has 180 valence electrons. The molecule has 0 saturated carbocycles. The zero-order chi connectivity index (χ0) is 25.7. The number of carboxylic acids is 1. The number of carbonyl (C=O) groups excluding carboxylic acids is 5. The fraction of sp³-hybridized carbons (Fsp3) is 0.182. The number of cyclic esters (lactones) is 2. The number of para-hydroxylation sites is 2. The number of carbonyl (C=O) groups is 6. The molecule has 3 rings (SSSR count). The molecule has 2 aromatic rings. The largest absolute Gasteiger partial charge is 0.481 e. The van der Waals surface area contributed by atoms with Crippen molar-refractivity contribution < 1.29 is 38.6 Å². The SMILES string of the molecule is NC(=O)c1ccccc1N.NC(=O)c1ccccc1NC(=O)CCC(=O)O.O=C1CCC(=O)O1. The molecule has 0 bridgehead atoms. The summed E-state index contributed by atoms with van der Waals surface area (Å²) in [7, 11) is 0. The molecule has 12 nitrogen and oxygen atoms in total. The Morgan fingerprint density at radius 3 is 1.74 bits per heavy atom. The summed E-state index contributed by atoms with van der Waals surface area (Å²) in [6.45, 7) is 0. The first kappa shape index (κ1) is 27.3. The van der Waals surface area contributed by atoms with Crippen LogP contribution in [0.15, 0.2) is 48.5 Å². The third-order valence-electron chi connectivity index (χ3n) is 4.02. The molecule has 0 atom stereocenters. The van der Waals surface area contributed by atoms with Gasteiger partial charge in [0.05, 0.1) is 36.1 Å². The number of amides is 3. The van der Waals surface area contributed by atoms with Gasteiger partial charge in [-0.25, -0.2) is 0 Å². The number of rotatable bonds is 6. The fourth-order valence-corrected chi connectivity index (χ4v) is 2.39.